The first kappa shape index (κ1) is 11.2. The van der Waals surface area contributed by atoms with Crippen molar-refractivity contribution in [2.45, 2.75) is 12.8 Å². The zero-order valence-electron chi connectivity index (χ0n) is 9.76. The summed E-state index contributed by atoms with van der Waals surface area (Å²) in [7, 11) is 0. The molecule has 2 nitrogen and oxygen atoms in total. The van der Waals surface area contributed by atoms with Crippen molar-refractivity contribution in [1.29, 1.82) is 0 Å². The topological polar surface area (TPSA) is 30.2 Å². The van der Waals surface area contributed by atoms with Crippen molar-refractivity contribution in [3.63, 3.8) is 0 Å². The molecule has 0 radical (unpaired) electrons. The fourth-order valence-corrected chi connectivity index (χ4v) is 2.97. The van der Waals surface area contributed by atoms with Gasteiger partial charge in [-0.2, -0.15) is 0 Å². The summed E-state index contributed by atoms with van der Waals surface area (Å²) in [5.74, 6) is 1.04. The molecule has 90 valence electrons. The van der Waals surface area contributed by atoms with Crippen molar-refractivity contribution in [1.82, 2.24) is 0 Å². The molecule has 2 aromatic heterocycles. The van der Waals surface area contributed by atoms with E-state index in [1.165, 1.54) is 0 Å². The lowest BCUT2D eigenvalue weighted by Gasteiger charge is -2.01. The van der Waals surface area contributed by atoms with Gasteiger partial charge in [0.1, 0.15) is 5.76 Å². The number of thiophene rings is 1. The van der Waals surface area contributed by atoms with Crippen LogP contribution in [-0.2, 0) is 6.42 Å². The smallest absolute Gasteiger partial charge is 0.164 e. The molecule has 18 heavy (non-hydrogen) atoms. The van der Waals surface area contributed by atoms with Gasteiger partial charge in [0.05, 0.1) is 6.26 Å². The maximum absolute atomic E-state index is 12.2. The zero-order valence-corrected chi connectivity index (χ0v) is 10.6. The van der Waals surface area contributed by atoms with Crippen LogP contribution in [0.15, 0.2) is 52.5 Å². The Labute approximate surface area is 109 Å². The standard InChI is InChI=1S/C15H12O2S/c16-14(7-6-12-4-2-9-17-12)13-5-1-3-11-8-10-18-15(11)13/h1-5,8-10H,6-7H2. The Kier molecular flexibility index (Phi) is 2.99. The lowest BCUT2D eigenvalue weighted by Crippen LogP contribution is -2.00. The maximum atomic E-state index is 12.2. The van der Waals surface area contributed by atoms with E-state index in [0.29, 0.717) is 12.8 Å². The number of furan rings is 1. The third-order valence-electron chi connectivity index (χ3n) is 2.96. The largest absolute Gasteiger partial charge is 0.469 e. The van der Waals surface area contributed by atoms with E-state index in [2.05, 4.69) is 0 Å². The molecular formula is C15H12O2S. The Morgan fingerprint density at radius 1 is 1.17 bits per heavy atom. The van der Waals surface area contributed by atoms with Crippen molar-refractivity contribution in [2.24, 2.45) is 0 Å². The van der Waals surface area contributed by atoms with Crippen LogP contribution in [0.5, 0.6) is 0 Å². The van der Waals surface area contributed by atoms with Crippen molar-refractivity contribution in [3.8, 4) is 0 Å². The molecule has 0 amide bonds. The second-order valence-electron chi connectivity index (χ2n) is 4.15. The van der Waals surface area contributed by atoms with Crippen LogP contribution < -0.4 is 0 Å². The average molecular weight is 256 g/mol. The van der Waals surface area contributed by atoms with Gasteiger partial charge >= 0.3 is 0 Å². The van der Waals surface area contributed by atoms with Crippen LogP contribution in [0.4, 0.5) is 0 Å². The van der Waals surface area contributed by atoms with Crippen LogP contribution in [0.2, 0.25) is 0 Å². The van der Waals surface area contributed by atoms with Gasteiger partial charge in [0.2, 0.25) is 0 Å². The van der Waals surface area contributed by atoms with Gasteiger partial charge in [-0.05, 0) is 35.0 Å². The van der Waals surface area contributed by atoms with Crippen molar-refractivity contribution < 1.29 is 9.21 Å². The van der Waals surface area contributed by atoms with Crippen LogP contribution in [0.3, 0.4) is 0 Å². The fourth-order valence-electron chi connectivity index (χ4n) is 2.04. The number of benzene rings is 1. The fraction of sp³-hybridized carbons (Fsp3) is 0.133. The molecule has 0 aliphatic rings. The van der Waals surface area contributed by atoms with Crippen LogP contribution >= 0.6 is 11.3 Å². The summed E-state index contributed by atoms with van der Waals surface area (Å²) >= 11 is 1.62. The molecule has 0 saturated carbocycles. The highest BCUT2D eigenvalue weighted by molar-refractivity contribution is 7.17. The first-order chi connectivity index (χ1) is 8.84. The highest BCUT2D eigenvalue weighted by Gasteiger charge is 2.11. The first-order valence-electron chi connectivity index (χ1n) is 5.86. The minimum Gasteiger partial charge on any atom is -0.469 e. The van der Waals surface area contributed by atoms with E-state index in [1.54, 1.807) is 17.6 Å². The summed E-state index contributed by atoms with van der Waals surface area (Å²) in [6, 6.07) is 11.7. The minimum atomic E-state index is 0.180. The number of carbonyl (C=O) groups is 1. The van der Waals surface area contributed by atoms with E-state index in [9.17, 15) is 4.79 Å². The Balaban J connectivity index is 1.81. The number of carbonyl (C=O) groups excluding carboxylic acids is 1. The monoisotopic (exact) mass is 256 g/mol. The van der Waals surface area contributed by atoms with Gasteiger partial charge in [0.25, 0.3) is 0 Å². The molecule has 0 N–H and O–H groups in total. The number of hydrogen-bond acceptors (Lipinski definition) is 3. The summed E-state index contributed by atoms with van der Waals surface area (Å²) in [5, 5.41) is 3.16. The molecule has 0 bridgehead atoms. The number of Topliss-reactive ketones (excluding diaryl/α,β-unsaturated/α-hetero) is 1. The molecule has 0 saturated heterocycles. The third-order valence-corrected chi connectivity index (χ3v) is 3.92. The van der Waals surface area contributed by atoms with Crippen LogP contribution in [0.1, 0.15) is 22.5 Å². The summed E-state index contributed by atoms with van der Waals surface area (Å²) in [6.07, 6.45) is 2.79. The second kappa shape index (κ2) is 4.78. The first-order valence-corrected chi connectivity index (χ1v) is 6.74. The Morgan fingerprint density at radius 3 is 2.94 bits per heavy atom. The molecule has 0 fully saturated rings. The lowest BCUT2D eigenvalue weighted by molar-refractivity contribution is 0.0982. The Morgan fingerprint density at radius 2 is 2.11 bits per heavy atom. The third kappa shape index (κ3) is 2.09. The Bertz CT molecular complexity index is 665. The van der Waals surface area contributed by atoms with E-state index in [-0.39, 0.29) is 5.78 Å². The molecule has 0 unspecified atom stereocenters. The Hall–Kier alpha value is -1.87. The van der Waals surface area contributed by atoms with Crippen molar-refractivity contribution >= 4 is 27.2 Å². The van der Waals surface area contributed by atoms with Gasteiger partial charge in [-0.1, -0.05) is 12.1 Å². The quantitative estimate of drug-likeness (QED) is 0.651. The molecule has 3 aromatic rings. The molecular weight excluding hydrogens is 244 g/mol. The summed E-state index contributed by atoms with van der Waals surface area (Å²) in [4.78, 5) is 12.2. The van der Waals surface area contributed by atoms with Crippen LogP contribution in [0, 0.1) is 0 Å². The normalized spacial score (nSPS) is 10.9. The summed E-state index contributed by atoms with van der Waals surface area (Å²) in [6.45, 7) is 0. The summed E-state index contributed by atoms with van der Waals surface area (Å²) in [5.41, 5.74) is 0.828. The lowest BCUT2D eigenvalue weighted by atomic mass is 10.0. The molecule has 1 aromatic carbocycles. The number of fused-ring (bicyclic) bond motifs is 1. The van der Waals surface area contributed by atoms with Crippen LogP contribution in [0.25, 0.3) is 10.1 Å². The van der Waals surface area contributed by atoms with Crippen molar-refractivity contribution in [3.05, 3.63) is 59.4 Å². The van der Waals surface area contributed by atoms with Gasteiger partial charge < -0.3 is 4.42 Å². The van der Waals surface area contributed by atoms with Gasteiger partial charge in [0, 0.05) is 23.1 Å². The average Bonchev–Trinajstić information content (AvgIpc) is 3.05. The van der Waals surface area contributed by atoms with Gasteiger partial charge in [-0.15, -0.1) is 11.3 Å². The summed E-state index contributed by atoms with van der Waals surface area (Å²) < 4.78 is 6.33. The van der Waals surface area contributed by atoms with Gasteiger partial charge in [-0.25, -0.2) is 0 Å². The second-order valence-corrected chi connectivity index (χ2v) is 5.06. The van der Waals surface area contributed by atoms with E-state index in [4.69, 9.17) is 4.42 Å². The van der Waals surface area contributed by atoms with Gasteiger partial charge in [0.15, 0.2) is 5.78 Å². The maximum Gasteiger partial charge on any atom is 0.164 e. The number of rotatable bonds is 4. The SMILES string of the molecule is O=C(CCc1ccco1)c1cccc2ccsc12. The highest BCUT2D eigenvalue weighted by atomic mass is 32.1. The molecule has 3 rings (SSSR count). The zero-order chi connectivity index (χ0) is 12.4. The van der Waals surface area contributed by atoms with E-state index in [0.717, 1.165) is 21.4 Å². The highest BCUT2D eigenvalue weighted by Crippen LogP contribution is 2.25. The number of ketones is 1. The van der Waals surface area contributed by atoms with Crippen LogP contribution in [-0.4, -0.2) is 5.78 Å². The predicted molar refractivity (Wildman–Crippen MR) is 73.2 cm³/mol. The molecule has 0 atom stereocenters. The number of hydrogen-bond donors (Lipinski definition) is 0. The molecule has 2 heterocycles. The molecule has 0 spiro atoms. The van der Waals surface area contributed by atoms with E-state index >= 15 is 0 Å². The molecule has 0 aliphatic heterocycles. The molecule has 3 heteroatoms. The van der Waals surface area contributed by atoms with Gasteiger partial charge in [-0.3, -0.25) is 4.79 Å². The van der Waals surface area contributed by atoms with E-state index in [1.807, 2.05) is 41.8 Å². The predicted octanol–water partition coefficient (Wildman–Crippen LogP) is 4.31. The molecule has 0 aliphatic carbocycles. The minimum absolute atomic E-state index is 0.180. The van der Waals surface area contributed by atoms with Crippen molar-refractivity contribution in [2.75, 3.05) is 0 Å². The number of aryl methyl sites for hydroxylation is 1. The van der Waals surface area contributed by atoms with E-state index < -0.39 is 0 Å².